The fraction of sp³-hybridized carbons (Fsp3) is 0.536. The average molecular weight is 490 g/mol. The van der Waals surface area contributed by atoms with E-state index in [0.29, 0.717) is 29.0 Å². The van der Waals surface area contributed by atoms with Crippen molar-refractivity contribution in [1.29, 1.82) is 0 Å². The van der Waals surface area contributed by atoms with Crippen molar-refractivity contribution in [2.24, 2.45) is 23.5 Å². The van der Waals surface area contributed by atoms with Crippen LogP contribution in [-0.4, -0.2) is 59.2 Å². The first-order valence-corrected chi connectivity index (χ1v) is 13.2. The number of pyridine rings is 1. The number of benzene rings is 1. The number of rotatable bonds is 5. The maximum Gasteiger partial charge on any atom is 0.270 e. The fourth-order valence-electron chi connectivity index (χ4n) is 7.52. The molecule has 190 valence electrons. The van der Waals surface area contributed by atoms with Gasteiger partial charge in [0, 0.05) is 43.0 Å². The summed E-state index contributed by atoms with van der Waals surface area (Å²) >= 11 is 0. The van der Waals surface area contributed by atoms with Crippen LogP contribution in [0.5, 0.6) is 0 Å². The van der Waals surface area contributed by atoms with Crippen molar-refractivity contribution >= 4 is 23.3 Å². The summed E-state index contributed by atoms with van der Waals surface area (Å²) in [6.45, 7) is 4.57. The largest absolute Gasteiger partial charge is 0.390 e. The minimum absolute atomic E-state index is 0.109. The zero-order chi connectivity index (χ0) is 25.0. The predicted octanol–water partition coefficient (Wildman–Crippen LogP) is 2.57. The maximum absolute atomic E-state index is 13.2. The summed E-state index contributed by atoms with van der Waals surface area (Å²) in [5.41, 5.74) is 6.89. The van der Waals surface area contributed by atoms with E-state index in [1.165, 1.54) is 0 Å². The Bertz CT molecular complexity index is 1150. The lowest BCUT2D eigenvalue weighted by molar-refractivity contribution is -0.136. The van der Waals surface area contributed by atoms with Crippen LogP contribution in [0.2, 0.25) is 0 Å². The monoisotopic (exact) mass is 489 g/mol. The first-order valence-electron chi connectivity index (χ1n) is 13.2. The molecule has 2 aromatic rings. The van der Waals surface area contributed by atoms with Crippen LogP contribution in [-0.2, 0) is 0 Å². The van der Waals surface area contributed by atoms with Crippen LogP contribution >= 0.6 is 0 Å². The van der Waals surface area contributed by atoms with Crippen molar-refractivity contribution in [2.45, 2.75) is 56.7 Å². The molecule has 0 radical (unpaired) electrons. The molecule has 1 aromatic carbocycles. The number of nitrogens with one attached hydrogen (secondary N) is 1. The number of carbonyl (C=O) groups excluding carboxylic acids is 2. The van der Waals surface area contributed by atoms with Gasteiger partial charge < -0.3 is 26.0 Å². The van der Waals surface area contributed by atoms with Gasteiger partial charge in [0.1, 0.15) is 11.5 Å². The highest BCUT2D eigenvalue weighted by molar-refractivity contribution is 5.93. The Morgan fingerprint density at radius 1 is 1.06 bits per heavy atom. The van der Waals surface area contributed by atoms with Crippen molar-refractivity contribution in [3.63, 3.8) is 0 Å². The van der Waals surface area contributed by atoms with Crippen LogP contribution in [0.1, 0.15) is 59.9 Å². The van der Waals surface area contributed by atoms with E-state index in [1.54, 1.807) is 18.2 Å². The quantitative estimate of drug-likeness (QED) is 0.595. The Kier molecular flexibility index (Phi) is 5.67. The Morgan fingerprint density at radius 2 is 1.78 bits per heavy atom. The Hall–Kier alpha value is -3.13. The van der Waals surface area contributed by atoms with Crippen LogP contribution in [0.25, 0.3) is 0 Å². The summed E-state index contributed by atoms with van der Waals surface area (Å²) in [6.07, 6.45) is 4.79. The second-order valence-corrected chi connectivity index (χ2v) is 11.5. The molecule has 1 aromatic heterocycles. The van der Waals surface area contributed by atoms with Crippen LogP contribution in [0, 0.1) is 17.8 Å². The number of amides is 2. The van der Waals surface area contributed by atoms with Crippen molar-refractivity contribution in [3.05, 3.63) is 53.7 Å². The molecule has 4 aliphatic carbocycles. The summed E-state index contributed by atoms with van der Waals surface area (Å²) in [7, 11) is 0. The maximum atomic E-state index is 13.2. The molecule has 3 atom stereocenters. The molecule has 2 heterocycles. The molecular weight excluding hydrogens is 454 g/mol. The fourth-order valence-corrected chi connectivity index (χ4v) is 7.52. The van der Waals surface area contributed by atoms with Gasteiger partial charge in [0.05, 0.1) is 5.60 Å². The second-order valence-electron chi connectivity index (χ2n) is 11.5. The molecule has 0 spiro atoms. The molecule has 4 saturated carbocycles. The molecule has 2 unspecified atom stereocenters. The topological polar surface area (TPSA) is 112 Å². The average Bonchev–Trinajstić information content (AvgIpc) is 2.85. The van der Waals surface area contributed by atoms with E-state index in [0.717, 1.165) is 63.2 Å². The number of hydrogen-bond donors (Lipinski definition) is 3. The molecular formula is C28H35N5O3. The summed E-state index contributed by atoms with van der Waals surface area (Å²) in [4.78, 5) is 33.9. The Morgan fingerprint density at radius 3 is 2.42 bits per heavy atom. The van der Waals surface area contributed by atoms with Gasteiger partial charge in [-0.25, -0.2) is 4.98 Å². The van der Waals surface area contributed by atoms with Crippen LogP contribution in [0.15, 0.2) is 42.5 Å². The third-order valence-corrected chi connectivity index (χ3v) is 8.94. The van der Waals surface area contributed by atoms with Crippen molar-refractivity contribution in [1.82, 2.24) is 10.3 Å². The van der Waals surface area contributed by atoms with Crippen molar-refractivity contribution in [2.75, 3.05) is 29.4 Å². The summed E-state index contributed by atoms with van der Waals surface area (Å²) in [5.74, 6) is 1.65. The lowest BCUT2D eigenvalue weighted by atomic mass is 9.52. The van der Waals surface area contributed by atoms with Crippen LogP contribution in [0.3, 0.4) is 0 Å². The van der Waals surface area contributed by atoms with E-state index in [4.69, 9.17) is 10.7 Å². The zero-order valence-corrected chi connectivity index (χ0v) is 20.8. The number of anilines is 2. The Labute approximate surface area is 211 Å². The van der Waals surface area contributed by atoms with Gasteiger partial charge in [-0.05, 0) is 93.2 Å². The van der Waals surface area contributed by atoms with E-state index >= 15 is 0 Å². The number of nitrogens with zero attached hydrogens (tertiary/aromatic N) is 3. The van der Waals surface area contributed by atoms with Gasteiger partial charge in [-0.1, -0.05) is 6.07 Å². The standard InChI is InChI=1S/C28H35N5O3/c1-17-16-32(22-7-5-19(6-8-22)26(29)34)9-10-33(17)24-4-2-3-23(30-24)27(35)31-25-20-11-18-12-21(25)15-28(36,13-18)14-20/h2-8,17-18,20-21,25,36H,9-16H2,1H3,(H2,29,34)(H,31,35)/t17-,18?,20?,21?,25?,28?/m1/s1. The van der Waals surface area contributed by atoms with E-state index in [1.807, 2.05) is 24.3 Å². The highest BCUT2D eigenvalue weighted by Crippen LogP contribution is 2.55. The predicted molar refractivity (Wildman–Crippen MR) is 138 cm³/mol. The minimum Gasteiger partial charge on any atom is -0.390 e. The molecule has 8 heteroatoms. The zero-order valence-electron chi connectivity index (χ0n) is 20.8. The van der Waals surface area contributed by atoms with Gasteiger partial charge >= 0.3 is 0 Å². The third kappa shape index (κ3) is 4.21. The molecule has 5 fully saturated rings. The summed E-state index contributed by atoms with van der Waals surface area (Å²) in [5, 5.41) is 14.2. The lowest BCUT2D eigenvalue weighted by Gasteiger charge is -2.58. The second kappa shape index (κ2) is 8.76. The number of piperazine rings is 1. The number of aliphatic hydroxyl groups is 1. The molecule has 4 N–H and O–H groups in total. The number of carbonyl (C=O) groups is 2. The van der Waals surface area contributed by atoms with E-state index in [2.05, 4.69) is 22.0 Å². The smallest absolute Gasteiger partial charge is 0.270 e. The van der Waals surface area contributed by atoms with Gasteiger partial charge in [-0.2, -0.15) is 0 Å². The van der Waals surface area contributed by atoms with Gasteiger partial charge in [-0.15, -0.1) is 0 Å². The SMILES string of the molecule is C[C@@H]1CN(c2ccc(C(N)=O)cc2)CCN1c1cccc(C(=O)NC2C3CC4CC2CC(O)(C4)C3)n1. The van der Waals surface area contributed by atoms with E-state index < -0.39 is 11.5 Å². The molecule has 7 rings (SSSR count). The lowest BCUT2D eigenvalue weighted by Crippen LogP contribution is -2.61. The van der Waals surface area contributed by atoms with Gasteiger partial charge in [0.25, 0.3) is 5.91 Å². The molecule has 36 heavy (non-hydrogen) atoms. The molecule has 8 nitrogen and oxygen atoms in total. The Balaban J connectivity index is 1.11. The molecule has 5 aliphatic rings. The van der Waals surface area contributed by atoms with Gasteiger partial charge in [0.15, 0.2) is 0 Å². The highest BCUT2D eigenvalue weighted by atomic mass is 16.3. The normalized spacial score (nSPS) is 33.0. The van der Waals surface area contributed by atoms with Crippen LogP contribution < -0.4 is 20.9 Å². The van der Waals surface area contributed by atoms with Crippen LogP contribution in [0.4, 0.5) is 11.5 Å². The van der Waals surface area contributed by atoms with E-state index in [9.17, 15) is 14.7 Å². The van der Waals surface area contributed by atoms with Crippen molar-refractivity contribution in [3.8, 4) is 0 Å². The molecule has 4 bridgehead atoms. The highest BCUT2D eigenvalue weighted by Gasteiger charge is 2.55. The first-order chi connectivity index (χ1) is 17.3. The molecule has 2 amide bonds. The van der Waals surface area contributed by atoms with Gasteiger partial charge in [0.2, 0.25) is 5.91 Å². The first kappa shape index (κ1) is 23.3. The van der Waals surface area contributed by atoms with E-state index in [-0.39, 0.29) is 18.0 Å². The van der Waals surface area contributed by atoms with Crippen molar-refractivity contribution < 1.29 is 14.7 Å². The summed E-state index contributed by atoms with van der Waals surface area (Å²) < 4.78 is 0. The minimum atomic E-state index is -0.502. The third-order valence-electron chi connectivity index (χ3n) is 8.94. The van der Waals surface area contributed by atoms with Gasteiger partial charge in [-0.3, -0.25) is 9.59 Å². The number of aromatic nitrogens is 1. The number of nitrogens with two attached hydrogens (primary N) is 1. The summed E-state index contributed by atoms with van der Waals surface area (Å²) in [6, 6.07) is 13.4. The molecule has 1 aliphatic heterocycles. The molecule has 1 saturated heterocycles. The number of hydrogen-bond acceptors (Lipinski definition) is 6. The number of primary amides is 1.